The van der Waals surface area contributed by atoms with Crippen molar-refractivity contribution in [2.24, 2.45) is 0 Å². The van der Waals surface area contributed by atoms with Gasteiger partial charge >= 0.3 is 0 Å². The molecule has 3 heterocycles. The largest absolute Gasteiger partial charge is 0.369 e. The number of nitrogen functional groups attached to an aromatic ring is 1. The Hall–Kier alpha value is -3.16. The summed E-state index contributed by atoms with van der Waals surface area (Å²) in [6, 6.07) is 19.1. The maximum absolute atomic E-state index is 6.03. The number of rotatable bonds is 4. The Morgan fingerprint density at radius 2 is 1.71 bits per heavy atom. The third kappa shape index (κ3) is 4.06. The monoisotopic (exact) mass is 416 g/mol. The van der Waals surface area contributed by atoms with E-state index < -0.39 is 0 Å². The number of hydrogen-bond acceptors (Lipinski definition) is 7. The van der Waals surface area contributed by atoms with Crippen LogP contribution in [-0.4, -0.2) is 54.7 Å². The summed E-state index contributed by atoms with van der Waals surface area (Å²) >= 11 is 0. The molecule has 1 unspecified atom stereocenters. The van der Waals surface area contributed by atoms with Crippen molar-refractivity contribution in [3.8, 4) is 11.1 Å². The molecule has 2 aliphatic rings. The zero-order valence-corrected chi connectivity index (χ0v) is 17.8. The summed E-state index contributed by atoms with van der Waals surface area (Å²) in [6.07, 6.45) is 2.70. The molecule has 7 heteroatoms. The van der Waals surface area contributed by atoms with E-state index in [9.17, 15) is 0 Å². The highest BCUT2D eigenvalue weighted by atomic mass is 16.7. The van der Waals surface area contributed by atoms with Crippen molar-refractivity contribution in [3.05, 3.63) is 66.4 Å². The third-order valence-corrected chi connectivity index (χ3v) is 6.13. The normalized spacial score (nSPS) is 19.7. The molecule has 2 N–H and O–H groups in total. The van der Waals surface area contributed by atoms with Crippen molar-refractivity contribution in [3.63, 3.8) is 0 Å². The first kappa shape index (κ1) is 19.8. The molecule has 0 radical (unpaired) electrons. The molecule has 0 bridgehead atoms. The summed E-state index contributed by atoms with van der Waals surface area (Å²) in [7, 11) is 2.17. The molecule has 5 rings (SSSR count). The topological polar surface area (TPSA) is 70.8 Å². The molecule has 31 heavy (non-hydrogen) atoms. The zero-order chi connectivity index (χ0) is 21.2. The van der Waals surface area contributed by atoms with E-state index in [-0.39, 0.29) is 12.0 Å². The van der Waals surface area contributed by atoms with E-state index in [4.69, 9.17) is 10.6 Å². The van der Waals surface area contributed by atoms with E-state index in [1.807, 2.05) is 11.1 Å². The second-order valence-corrected chi connectivity index (χ2v) is 8.18. The molecule has 160 valence electrons. The van der Waals surface area contributed by atoms with E-state index >= 15 is 0 Å². The van der Waals surface area contributed by atoms with Gasteiger partial charge in [-0.05, 0) is 30.3 Å². The van der Waals surface area contributed by atoms with Crippen molar-refractivity contribution >= 4 is 17.5 Å². The number of benzene rings is 2. The molecule has 0 spiro atoms. The van der Waals surface area contributed by atoms with Crippen LogP contribution >= 0.6 is 0 Å². The maximum atomic E-state index is 6.03. The van der Waals surface area contributed by atoms with Crippen molar-refractivity contribution < 1.29 is 4.84 Å². The van der Waals surface area contributed by atoms with Crippen molar-refractivity contribution in [1.29, 1.82) is 0 Å². The van der Waals surface area contributed by atoms with Crippen LogP contribution in [0.2, 0.25) is 0 Å². The zero-order valence-electron chi connectivity index (χ0n) is 17.8. The fraction of sp³-hybridized carbons (Fsp3) is 0.333. The molecular formula is C24H28N6O. The molecule has 2 aromatic carbocycles. The summed E-state index contributed by atoms with van der Waals surface area (Å²) in [4.78, 5) is 19.7. The first-order valence-electron chi connectivity index (χ1n) is 10.8. The fourth-order valence-corrected chi connectivity index (χ4v) is 4.33. The minimum atomic E-state index is 0.0962. The number of nitrogens with zero attached hydrogens (tertiary/aromatic N) is 5. The lowest BCUT2D eigenvalue weighted by atomic mass is 10.0. The van der Waals surface area contributed by atoms with Gasteiger partial charge in [-0.1, -0.05) is 42.5 Å². The predicted octanol–water partition coefficient (Wildman–Crippen LogP) is 3.36. The van der Waals surface area contributed by atoms with Gasteiger partial charge in [-0.25, -0.2) is 10.0 Å². The van der Waals surface area contributed by atoms with Gasteiger partial charge in [0, 0.05) is 50.0 Å². The van der Waals surface area contributed by atoms with Gasteiger partial charge in [-0.15, -0.1) is 0 Å². The predicted molar refractivity (Wildman–Crippen MR) is 124 cm³/mol. The number of nitrogens with two attached hydrogens (primary N) is 1. The summed E-state index contributed by atoms with van der Waals surface area (Å²) in [5.74, 6) is 0.960. The van der Waals surface area contributed by atoms with Crippen LogP contribution in [0.3, 0.4) is 0 Å². The summed E-state index contributed by atoms with van der Waals surface area (Å²) in [5, 5.41) is 1.90. The standard InChI is InChI=1S/C24H28N6O/c1-28-12-14-29(15-13-28)20-9-7-18(8-10-20)21-17-26-24(25)27-23(21)30-22(11-16-31-30)19-5-3-2-4-6-19/h2-10,17,22H,11-16H2,1H3,(H2,25,26,27). The minimum absolute atomic E-state index is 0.0962. The molecule has 3 aromatic rings. The number of hydrogen-bond donors (Lipinski definition) is 1. The van der Waals surface area contributed by atoms with Crippen molar-refractivity contribution in [1.82, 2.24) is 14.9 Å². The van der Waals surface area contributed by atoms with Gasteiger partial charge in [0.15, 0.2) is 5.82 Å². The Balaban J connectivity index is 1.45. The van der Waals surface area contributed by atoms with Crippen LogP contribution < -0.4 is 15.7 Å². The second kappa shape index (κ2) is 8.53. The van der Waals surface area contributed by atoms with Crippen LogP contribution in [0.15, 0.2) is 60.8 Å². The minimum Gasteiger partial charge on any atom is -0.369 e. The fourth-order valence-electron chi connectivity index (χ4n) is 4.33. The number of aromatic nitrogens is 2. The van der Waals surface area contributed by atoms with Crippen molar-refractivity contribution in [2.45, 2.75) is 12.5 Å². The Bertz CT molecular complexity index is 1020. The first-order valence-corrected chi connectivity index (χ1v) is 10.8. The van der Waals surface area contributed by atoms with Gasteiger partial charge in [-0.3, -0.25) is 4.84 Å². The van der Waals surface area contributed by atoms with Crippen LogP contribution in [0, 0.1) is 0 Å². The van der Waals surface area contributed by atoms with Crippen LogP contribution in [0.25, 0.3) is 11.1 Å². The van der Waals surface area contributed by atoms with E-state index in [0.717, 1.165) is 43.7 Å². The van der Waals surface area contributed by atoms with E-state index in [1.54, 1.807) is 6.20 Å². The summed E-state index contributed by atoms with van der Waals surface area (Å²) in [5.41, 5.74) is 10.4. The third-order valence-electron chi connectivity index (χ3n) is 6.13. The van der Waals surface area contributed by atoms with Crippen LogP contribution in [-0.2, 0) is 4.84 Å². The van der Waals surface area contributed by atoms with Gasteiger partial charge in [0.1, 0.15) is 0 Å². The highest BCUT2D eigenvalue weighted by molar-refractivity contribution is 5.77. The molecule has 1 aromatic heterocycles. The van der Waals surface area contributed by atoms with Gasteiger partial charge < -0.3 is 15.5 Å². The first-order chi connectivity index (χ1) is 15.2. The SMILES string of the molecule is CN1CCN(c2ccc(-c3cnc(N)nc3N3OCCC3c3ccccc3)cc2)CC1. The van der Waals surface area contributed by atoms with Crippen molar-refractivity contribution in [2.75, 3.05) is 55.5 Å². The molecule has 0 aliphatic carbocycles. The molecule has 2 fully saturated rings. The molecule has 0 amide bonds. The summed E-state index contributed by atoms with van der Waals surface area (Å²) < 4.78 is 0. The van der Waals surface area contributed by atoms with Gasteiger partial charge in [0.25, 0.3) is 0 Å². The maximum Gasteiger partial charge on any atom is 0.222 e. The number of anilines is 3. The van der Waals surface area contributed by atoms with Gasteiger partial charge in [0.2, 0.25) is 5.95 Å². The lowest BCUT2D eigenvalue weighted by Gasteiger charge is -2.34. The highest BCUT2D eigenvalue weighted by Crippen LogP contribution is 2.39. The average Bonchev–Trinajstić information content (AvgIpc) is 3.30. The van der Waals surface area contributed by atoms with Crippen LogP contribution in [0.5, 0.6) is 0 Å². The molecule has 2 aliphatic heterocycles. The Morgan fingerprint density at radius 3 is 2.45 bits per heavy atom. The molecule has 0 saturated carbocycles. The highest BCUT2D eigenvalue weighted by Gasteiger charge is 2.31. The Morgan fingerprint density at radius 1 is 0.968 bits per heavy atom. The smallest absolute Gasteiger partial charge is 0.222 e. The summed E-state index contributed by atoms with van der Waals surface area (Å²) in [6.45, 7) is 4.92. The average molecular weight is 417 g/mol. The number of likely N-dealkylation sites (N-methyl/N-ethyl adjacent to an activating group) is 1. The lowest BCUT2D eigenvalue weighted by molar-refractivity contribution is 0.157. The van der Waals surface area contributed by atoms with Gasteiger partial charge in [-0.2, -0.15) is 4.98 Å². The number of hydroxylamine groups is 1. The molecule has 2 saturated heterocycles. The second-order valence-electron chi connectivity index (χ2n) is 8.18. The molecule has 1 atom stereocenters. The van der Waals surface area contributed by atoms with Gasteiger partial charge in [0.05, 0.1) is 12.6 Å². The van der Waals surface area contributed by atoms with E-state index in [0.29, 0.717) is 12.4 Å². The van der Waals surface area contributed by atoms with Crippen LogP contribution in [0.4, 0.5) is 17.5 Å². The number of piperazine rings is 1. The molecule has 7 nitrogen and oxygen atoms in total. The van der Waals surface area contributed by atoms with E-state index in [1.165, 1.54) is 11.3 Å². The van der Waals surface area contributed by atoms with Crippen LogP contribution in [0.1, 0.15) is 18.0 Å². The van der Waals surface area contributed by atoms with E-state index in [2.05, 4.69) is 75.3 Å². The quantitative estimate of drug-likeness (QED) is 0.699. The Labute approximate surface area is 183 Å². The molecular weight excluding hydrogens is 388 g/mol. The lowest BCUT2D eigenvalue weighted by Crippen LogP contribution is -2.44. The Kier molecular flexibility index (Phi) is 5.44.